The van der Waals surface area contributed by atoms with Crippen LogP contribution in [0.2, 0.25) is 5.02 Å². The van der Waals surface area contributed by atoms with Crippen LogP contribution in [-0.4, -0.2) is 25.5 Å². The minimum absolute atomic E-state index is 0.0958. The second kappa shape index (κ2) is 10.3. The molecule has 0 saturated carbocycles. The maximum atomic E-state index is 13.0. The normalized spacial score (nSPS) is 10.8. The topological polar surface area (TPSA) is 74.0 Å². The lowest BCUT2D eigenvalue weighted by Crippen LogP contribution is -2.26. The van der Waals surface area contributed by atoms with Crippen LogP contribution in [0.5, 0.6) is 5.75 Å². The number of halogens is 1. The maximum Gasteiger partial charge on any atom is 0.269 e. The van der Waals surface area contributed by atoms with Crippen molar-refractivity contribution in [1.29, 1.82) is 0 Å². The van der Waals surface area contributed by atoms with Gasteiger partial charge in [0.1, 0.15) is 11.4 Å². The van der Waals surface area contributed by atoms with Crippen LogP contribution in [0.25, 0.3) is 16.9 Å². The molecule has 0 bridgehead atoms. The molecule has 174 valence electrons. The average Bonchev–Trinajstić information content (AvgIpc) is 3.55. The highest BCUT2D eigenvalue weighted by Gasteiger charge is 2.16. The summed E-state index contributed by atoms with van der Waals surface area (Å²) in [6, 6.07) is 28.5. The number of carbonyl (C=O) groups excluding carboxylic acids is 1. The van der Waals surface area contributed by atoms with Crippen LogP contribution in [0.3, 0.4) is 0 Å². The van der Waals surface area contributed by atoms with Gasteiger partial charge in [-0.25, -0.2) is 9.36 Å². The average molecular weight is 484 g/mol. The first kappa shape index (κ1) is 22.4. The molecule has 1 N–H and O–H groups in total. The van der Waals surface area contributed by atoms with Crippen LogP contribution in [0, 0.1) is 0 Å². The molecule has 0 aliphatic rings. The van der Waals surface area contributed by atoms with Gasteiger partial charge in [0.2, 0.25) is 0 Å². The van der Waals surface area contributed by atoms with Gasteiger partial charge in [0.05, 0.1) is 11.4 Å². The molecule has 2 heterocycles. The fourth-order valence-corrected chi connectivity index (χ4v) is 3.78. The number of ether oxygens (including phenoxy) is 1. The number of rotatable bonds is 8. The Labute approximate surface area is 207 Å². The molecule has 0 saturated heterocycles. The summed E-state index contributed by atoms with van der Waals surface area (Å²) in [5.41, 5.74) is 4.04. The predicted molar refractivity (Wildman–Crippen MR) is 134 cm³/mol. The molecule has 1 amide bonds. The van der Waals surface area contributed by atoms with Gasteiger partial charge in [0, 0.05) is 35.1 Å². The summed E-state index contributed by atoms with van der Waals surface area (Å²) >= 11 is 5.92. The number of hydrogen-bond donors (Lipinski definition) is 1. The standard InChI is InChI=1S/C27H22ClN5O2/c28-22-11-13-24(14-12-22)35-19-33-25(15-16-30-33)27(34)29-17-21-18-32(23-9-5-2-6-10-23)31-26(21)20-7-3-1-4-8-20/h1-16,18H,17,19H2,(H,29,34). The zero-order valence-electron chi connectivity index (χ0n) is 18.7. The zero-order chi connectivity index (χ0) is 24.0. The highest BCUT2D eigenvalue weighted by atomic mass is 35.5. The predicted octanol–water partition coefficient (Wildman–Crippen LogP) is 5.36. The first-order valence-electron chi connectivity index (χ1n) is 11.0. The van der Waals surface area contributed by atoms with Crippen molar-refractivity contribution in [3.05, 3.63) is 120 Å². The van der Waals surface area contributed by atoms with E-state index in [1.165, 1.54) is 4.68 Å². The van der Waals surface area contributed by atoms with Gasteiger partial charge in [-0.15, -0.1) is 0 Å². The van der Waals surface area contributed by atoms with Crippen molar-refractivity contribution in [3.63, 3.8) is 0 Å². The Morgan fingerprint density at radius 2 is 1.63 bits per heavy atom. The quantitative estimate of drug-likeness (QED) is 0.322. The van der Waals surface area contributed by atoms with Crippen molar-refractivity contribution >= 4 is 17.5 Å². The molecule has 0 fully saturated rings. The van der Waals surface area contributed by atoms with Gasteiger partial charge in [0.15, 0.2) is 6.73 Å². The molecule has 0 spiro atoms. The molecule has 0 unspecified atom stereocenters. The van der Waals surface area contributed by atoms with Gasteiger partial charge in [0.25, 0.3) is 5.91 Å². The highest BCUT2D eigenvalue weighted by molar-refractivity contribution is 6.30. The summed E-state index contributed by atoms with van der Waals surface area (Å²) in [7, 11) is 0. The molecule has 2 aromatic heterocycles. The number of aromatic nitrogens is 4. The molecular weight excluding hydrogens is 462 g/mol. The fourth-order valence-electron chi connectivity index (χ4n) is 3.65. The molecule has 35 heavy (non-hydrogen) atoms. The van der Waals surface area contributed by atoms with E-state index in [4.69, 9.17) is 21.4 Å². The molecule has 0 aliphatic carbocycles. The monoisotopic (exact) mass is 483 g/mol. The zero-order valence-corrected chi connectivity index (χ0v) is 19.5. The van der Waals surface area contributed by atoms with E-state index in [-0.39, 0.29) is 12.6 Å². The molecule has 0 atom stereocenters. The summed E-state index contributed by atoms with van der Waals surface area (Å²) in [5.74, 6) is 0.380. The van der Waals surface area contributed by atoms with E-state index in [0.717, 1.165) is 22.5 Å². The highest BCUT2D eigenvalue weighted by Crippen LogP contribution is 2.24. The second-order valence-corrected chi connectivity index (χ2v) is 8.21. The van der Waals surface area contributed by atoms with Crippen LogP contribution in [0.4, 0.5) is 0 Å². The Morgan fingerprint density at radius 3 is 2.37 bits per heavy atom. The smallest absolute Gasteiger partial charge is 0.269 e. The minimum atomic E-state index is -0.256. The van der Waals surface area contributed by atoms with Gasteiger partial charge in [-0.1, -0.05) is 60.1 Å². The molecule has 5 rings (SSSR count). The van der Waals surface area contributed by atoms with E-state index in [1.54, 1.807) is 36.5 Å². The summed E-state index contributed by atoms with van der Waals surface area (Å²) in [5, 5.41) is 12.6. The van der Waals surface area contributed by atoms with E-state index in [9.17, 15) is 4.79 Å². The number of nitrogens with zero attached hydrogens (tertiary/aromatic N) is 4. The lowest BCUT2D eigenvalue weighted by Gasteiger charge is -2.10. The van der Waals surface area contributed by atoms with Gasteiger partial charge in [-0.05, 0) is 42.5 Å². The van der Waals surface area contributed by atoms with Gasteiger partial charge in [-0.2, -0.15) is 10.2 Å². The van der Waals surface area contributed by atoms with Crippen molar-refractivity contribution in [1.82, 2.24) is 24.9 Å². The van der Waals surface area contributed by atoms with Gasteiger partial charge in [-0.3, -0.25) is 4.79 Å². The van der Waals surface area contributed by atoms with E-state index in [2.05, 4.69) is 10.4 Å². The molecule has 3 aromatic carbocycles. The van der Waals surface area contributed by atoms with Crippen LogP contribution in [-0.2, 0) is 13.3 Å². The Hall–Kier alpha value is -4.36. The van der Waals surface area contributed by atoms with Crippen LogP contribution >= 0.6 is 11.6 Å². The Bertz CT molecular complexity index is 1410. The molecular formula is C27H22ClN5O2. The van der Waals surface area contributed by atoms with Crippen molar-refractivity contribution < 1.29 is 9.53 Å². The number of para-hydroxylation sites is 1. The van der Waals surface area contributed by atoms with E-state index in [1.807, 2.05) is 71.5 Å². The SMILES string of the molecule is O=C(NCc1cn(-c2ccccc2)nc1-c1ccccc1)c1ccnn1COc1ccc(Cl)cc1. The number of amides is 1. The fraction of sp³-hybridized carbons (Fsp3) is 0.0741. The summed E-state index contributed by atoms with van der Waals surface area (Å²) in [6.45, 7) is 0.401. The third-order valence-electron chi connectivity index (χ3n) is 5.41. The Balaban J connectivity index is 1.32. The van der Waals surface area contributed by atoms with Crippen molar-refractivity contribution in [2.45, 2.75) is 13.3 Å². The third kappa shape index (κ3) is 5.26. The summed E-state index contributed by atoms with van der Waals surface area (Å²) in [4.78, 5) is 13.0. The number of nitrogens with one attached hydrogen (secondary N) is 1. The van der Waals surface area contributed by atoms with Gasteiger partial charge >= 0.3 is 0 Å². The van der Waals surface area contributed by atoms with Crippen molar-refractivity contribution in [2.24, 2.45) is 0 Å². The largest absolute Gasteiger partial charge is 0.471 e. The summed E-state index contributed by atoms with van der Waals surface area (Å²) < 4.78 is 9.07. The summed E-state index contributed by atoms with van der Waals surface area (Å²) in [6.07, 6.45) is 3.52. The van der Waals surface area contributed by atoms with E-state index >= 15 is 0 Å². The Kier molecular flexibility index (Phi) is 6.59. The Morgan fingerprint density at radius 1 is 0.914 bits per heavy atom. The first-order valence-corrected chi connectivity index (χ1v) is 11.4. The van der Waals surface area contributed by atoms with Crippen LogP contribution in [0.1, 0.15) is 16.1 Å². The number of hydrogen-bond acceptors (Lipinski definition) is 4. The van der Waals surface area contributed by atoms with Crippen LogP contribution < -0.4 is 10.1 Å². The lowest BCUT2D eigenvalue weighted by molar-refractivity contribution is 0.0929. The molecule has 8 heteroatoms. The van der Waals surface area contributed by atoms with E-state index in [0.29, 0.717) is 23.0 Å². The number of benzene rings is 3. The van der Waals surface area contributed by atoms with Gasteiger partial charge < -0.3 is 10.1 Å². The minimum Gasteiger partial charge on any atom is -0.471 e. The third-order valence-corrected chi connectivity index (χ3v) is 5.67. The number of carbonyl (C=O) groups is 1. The second-order valence-electron chi connectivity index (χ2n) is 7.78. The molecule has 5 aromatic rings. The first-order chi connectivity index (χ1) is 17.2. The van der Waals surface area contributed by atoms with Crippen molar-refractivity contribution in [3.8, 4) is 22.7 Å². The van der Waals surface area contributed by atoms with E-state index < -0.39 is 0 Å². The molecule has 7 nitrogen and oxygen atoms in total. The molecule has 0 aliphatic heterocycles. The van der Waals surface area contributed by atoms with Crippen molar-refractivity contribution in [2.75, 3.05) is 0 Å². The lowest BCUT2D eigenvalue weighted by atomic mass is 10.1. The van der Waals surface area contributed by atoms with Crippen LogP contribution in [0.15, 0.2) is 103 Å². The maximum absolute atomic E-state index is 13.0. The molecule has 0 radical (unpaired) electrons.